The molecular weight excluding hydrogens is 290 g/mol. The number of halogens is 1. The quantitative estimate of drug-likeness (QED) is 0.824. The molecule has 5 nitrogen and oxygen atoms in total. The van der Waals surface area contributed by atoms with Gasteiger partial charge >= 0.3 is 0 Å². The van der Waals surface area contributed by atoms with E-state index in [-0.39, 0.29) is 12.5 Å². The van der Waals surface area contributed by atoms with Crippen molar-refractivity contribution in [1.82, 2.24) is 15.5 Å². The second-order valence-electron chi connectivity index (χ2n) is 5.09. The van der Waals surface area contributed by atoms with Crippen LogP contribution >= 0.6 is 11.6 Å². The van der Waals surface area contributed by atoms with Crippen molar-refractivity contribution in [3.63, 3.8) is 0 Å². The third kappa shape index (κ3) is 5.19. The summed E-state index contributed by atoms with van der Waals surface area (Å²) in [5.41, 5.74) is 0.854. The van der Waals surface area contributed by atoms with E-state index in [0.29, 0.717) is 17.3 Å². The highest BCUT2D eigenvalue weighted by molar-refractivity contribution is 6.31. The molecule has 0 aliphatic carbocycles. The van der Waals surface area contributed by atoms with E-state index in [2.05, 4.69) is 15.5 Å². The molecule has 21 heavy (non-hydrogen) atoms. The second-order valence-corrected chi connectivity index (χ2v) is 5.50. The average molecular weight is 312 g/mol. The van der Waals surface area contributed by atoms with Gasteiger partial charge in [0.1, 0.15) is 5.75 Å². The molecule has 1 fully saturated rings. The summed E-state index contributed by atoms with van der Waals surface area (Å²) < 4.78 is 5.50. The van der Waals surface area contributed by atoms with Crippen LogP contribution in [0.2, 0.25) is 5.02 Å². The standard InChI is InChI=1S/C15H22ClN3O2/c1-12-13(16)3-2-4-14(12)21-11-15(20)18-7-10-19-8-5-17-6-9-19/h2-4,17H,5-11H2,1H3,(H,18,20). The van der Waals surface area contributed by atoms with E-state index in [4.69, 9.17) is 16.3 Å². The maximum absolute atomic E-state index is 11.8. The van der Waals surface area contributed by atoms with Gasteiger partial charge in [-0.25, -0.2) is 0 Å². The maximum Gasteiger partial charge on any atom is 0.257 e. The number of amides is 1. The number of rotatable bonds is 6. The third-order valence-electron chi connectivity index (χ3n) is 3.54. The lowest BCUT2D eigenvalue weighted by Crippen LogP contribution is -2.46. The molecule has 0 atom stereocenters. The number of hydrogen-bond donors (Lipinski definition) is 2. The molecule has 1 aromatic carbocycles. The van der Waals surface area contributed by atoms with Crippen molar-refractivity contribution >= 4 is 17.5 Å². The topological polar surface area (TPSA) is 53.6 Å². The number of hydrogen-bond acceptors (Lipinski definition) is 4. The first-order chi connectivity index (χ1) is 10.2. The molecular formula is C15H22ClN3O2. The molecule has 2 rings (SSSR count). The maximum atomic E-state index is 11.8. The van der Waals surface area contributed by atoms with Crippen molar-refractivity contribution in [3.8, 4) is 5.75 Å². The zero-order chi connectivity index (χ0) is 15.1. The number of carbonyl (C=O) groups excluding carboxylic acids is 1. The summed E-state index contributed by atoms with van der Waals surface area (Å²) in [6, 6.07) is 5.43. The van der Waals surface area contributed by atoms with E-state index < -0.39 is 0 Å². The van der Waals surface area contributed by atoms with E-state index in [1.807, 2.05) is 19.1 Å². The van der Waals surface area contributed by atoms with Gasteiger partial charge in [-0.15, -0.1) is 0 Å². The Morgan fingerprint density at radius 2 is 2.19 bits per heavy atom. The number of piperazine rings is 1. The minimum atomic E-state index is -0.107. The van der Waals surface area contributed by atoms with E-state index in [1.165, 1.54) is 0 Å². The fourth-order valence-corrected chi connectivity index (χ4v) is 2.39. The normalized spacial score (nSPS) is 15.7. The lowest BCUT2D eigenvalue weighted by atomic mass is 10.2. The average Bonchev–Trinajstić information content (AvgIpc) is 2.50. The molecule has 1 saturated heterocycles. The molecule has 0 radical (unpaired) electrons. The summed E-state index contributed by atoms with van der Waals surface area (Å²) in [7, 11) is 0. The molecule has 0 bridgehead atoms. The predicted molar refractivity (Wildman–Crippen MR) is 84.0 cm³/mol. The first-order valence-electron chi connectivity index (χ1n) is 7.24. The van der Waals surface area contributed by atoms with Crippen LogP contribution in [0.15, 0.2) is 18.2 Å². The molecule has 0 spiro atoms. The van der Waals surface area contributed by atoms with Crippen molar-refractivity contribution in [2.75, 3.05) is 45.9 Å². The Balaban J connectivity index is 1.66. The van der Waals surface area contributed by atoms with Crippen LogP contribution in [0, 0.1) is 6.92 Å². The fraction of sp³-hybridized carbons (Fsp3) is 0.533. The highest BCUT2D eigenvalue weighted by atomic mass is 35.5. The Hall–Kier alpha value is -1.30. The van der Waals surface area contributed by atoms with Crippen LogP contribution in [-0.2, 0) is 4.79 Å². The molecule has 0 saturated carbocycles. The minimum absolute atomic E-state index is 0.0166. The Morgan fingerprint density at radius 1 is 1.43 bits per heavy atom. The van der Waals surface area contributed by atoms with Crippen molar-refractivity contribution in [3.05, 3.63) is 28.8 Å². The van der Waals surface area contributed by atoms with Crippen molar-refractivity contribution in [1.29, 1.82) is 0 Å². The zero-order valence-electron chi connectivity index (χ0n) is 12.3. The number of benzene rings is 1. The SMILES string of the molecule is Cc1c(Cl)cccc1OCC(=O)NCCN1CCNCC1. The van der Waals surface area contributed by atoms with E-state index in [1.54, 1.807) is 6.07 Å². The van der Waals surface area contributed by atoms with Crippen LogP contribution in [0.3, 0.4) is 0 Å². The Kier molecular flexibility index (Phi) is 6.29. The van der Waals surface area contributed by atoms with Crippen molar-refractivity contribution < 1.29 is 9.53 Å². The minimum Gasteiger partial charge on any atom is -0.483 e. The number of nitrogens with zero attached hydrogens (tertiary/aromatic N) is 1. The van der Waals surface area contributed by atoms with Crippen LogP contribution in [0.25, 0.3) is 0 Å². The van der Waals surface area contributed by atoms with Gasteiger partial charge in [0.25, 0.3) is 5.91 Å². The first kappa shape index (κ1) is 16.1. The summed E-state index contributed by atoms with van der Waals surface area (Å²) >= 11 is 6.01. The van der Waals surface area contributed by atoms with Crippen LogP contribution in [0.5, 0.6) is 5.75 Å². The summed E-state index contributed by atoms with van der Waals surface area (Å²) in [6.07, 6.45) is 0. The number of carbonyl (C=O) groups is 1. The highest BCUT2D eigenvalue weighted by Crippen LogP contribution is 2.24. The molecule has 1 aliphatic rings. The lowest BCUT2D eigenvalue weighted by Gasteiger charge is -2.27. The van der Waals surface area contributed by atoms with Crippen LogP contribution in [0.4, 0.5) is 0 Å². The van der Waals surface area contributed by atoms with Crippen LogP contribution in [-0.4, -0.2) is 56.7 Å². The van der Waals surface area contributed by atoms with Gasteiger partial charge in [-0.05, 0) is 19.1 Å². The first-order valence-corrected chi connectivity index (χ1v) is 7.62. The van der Waals surface area contributed by atoms with E-state index in [9.17, 15) is 4.79 Å². The molecule has 1 amide bonds. The second kappa shape index (κ2) is 8.22. The van der Waals surface area contributed by atoms with Gasteiger partial charge in [0.2, 0.25) is 0 Å². The smallest absolute Gasteiger partial charge is 0.257 e. The van der Waals surface area contributed by atoms with Crippen LogP contribution < -0.4 is 15.4 Å². The molecule has 1 aromatic rings. The number of nitrogens with one attached hydrogen (secondary N) is 2. The molecule has 1 aliphatic heterocycles. The van der Waals surface area contributed by atoms with Crippen molar-refractivity contribution in [2.24, 2.45) is 0 Å². The fourth-order valence-electron chi connectivity index (χ4n) is 2.23. The predicted octanol–water partition coefficient (Wildman–Crippen LogP) is 1.05. The molecule has 116 valence electrons. The summed E-state index contributed by atoms with van der Waals surface area (Å²) in [5.74, 6) is 0.546. The Labute approximate surface area is 130 Å². The molecule has 1 heterocycles. The van der Waals surface area contributed by atoms with Gasteiger partial charge < -0.3 is 15.4 Å². The summed E-state index contributed by atoms with van der Waals surface area (Å²) in [5, 5.41) is 6.82. The van der Waals surface area contributed by atoms with Gasteiger partial charge in [0.05, 0.1) is 0 Å². The number of ether oxygens (including phenoxy) is 1. The largest absolute Gasteiger partial charge is 0.483 e. The molecule has 6 heteroatoms. The van der Waals surface area contributed by atoms with Crippen LogP contribution in [0.1, 0.15) is 5.56 Å². The highest BCUT2D eigenvalue weighted by Gasteiger charge is 2.10. The zero-order valence-corrected chi connectivity index (χ0v) is 13.1. The molecule has 0 unspecified atom stereocenters. The lowest BCUT2D eigenvalue weighted by molar-refractivity contribution is -0.123. The monoisotopic (exact) mass is 311 g/mol. The van der Waals surface area contributed by atoms with Gasteiger partial charge in [-0.1, -0.05) is 17.7 Å². The van der Waals surface area contributed by atoms with E-state index in [0.717, 1.165) is 38.3 Å². The van der Waals surface area contributed by atoms with E-state index >= 15 is 0 Å². The van der Waals surface area contributed by atoms with Gasteiger partial charge in [-0.3, -0.25) is 9.69 Å². The summed E-state index contributed by atoms with van der Waals surface area (Å²) in [6.45, 7) is 7.53. The van der Waals surface area contributed by atoms with Gasteiger partial charge in [0.15, 0.2) is 6.61 Å². The van der Waals surface area contributed by atoms with Gasteiger partial charge in [-0.2, -0.15) is 0 Å². The molecule has 0 aromatic heterocycles. The Morgan fingerprint density at radius 3 is 2.95 bits per heavy atom. The Bertz CT molecular complexity index is 476. The molecule has 2 N–H and O–H groups in total. The third-order valence-corrected chi connectivity index (χ3v) is 3.95. The van der Waals surface area contributed by atoms with Gasteiger partial charge in [0, 0.05) is 49.9 Å². The summed E-state index contributed by atoms with van der Waals surface area (Å²) in [4.78, 5) is 14.1. The van der Waals surface area contributed by atoms with Crippen molar-refractivity contribution in [2.45, 2.75) is 6.92 Å².